The first-order chi connectivity index (χ1) is 9.63. The average molecular weight is 274 g/mol. The first-order valence-electron chi connectivity index (χ1n) is 6.36. The van der Waals surface area contributed by atoms with Crippen molar-refractivity contribution >= 4 is 5.82 Å². The fourth-order valence-corrected chi connectivity index (χ4v) is 1.67. The molecule has 0 spiro atoms. The van der Waals surface area contributed by atoms with Gasteiger partial charge >= 0.3 is 0 Å². The van der Waals surface area contributed by atoms with E-state index < -0.39 is 0 Å². The minimum Gasteiger partial charge on any atom is -0.438 e. The highest BCUT2D eigenvalue weighted by atomic mass is 16.5. The van der Waals surface area contributed by atoms with Crippen molar-refractivity contribution in [2.75, 3.05) is 5.43 Å². The summed E-state index contributed by atoms with van der Waals surface area (Å²) in [5, 5.41) is 9.29. The molecule has 0 saturated heterocycles. The number of para-hydroxylation sites is 1. The summed E-state index contributed by atoms with van der Waals surface area (Å²) in [4.78, 5) is 8.60. The summed E-state index contributed by atoms with van der Waals surface area (Å²) in [5.74, 6) is 7.62. The number of hydrazine groups is 1. The number of ether oxygens (including phenoxy) is 1. The van der Waals surface area contributed by atoms with Gasteiger partial charge in [0.15, 0.2) is 0 Å². The molecule has 0 saturated carbocycles. The van der Waals surface area contributed by atoms with Crippen molar-refractivity contribution in [1.29, 1.82) is 0 Å². The largest absolute Gasteiger partial charge is 0.438 e. The third kappa shape index (κ3) is 3.23. The van der Waals surface area contributed by atoms with Crippen LogP contribution in [0, 0.1) is 0 Å². The van der Waals surface area contributed by atoms with Gasteiger partial charge in [0.05, 0.1) is 6.61 Å². The number of aliphatic hydroxyl groups is 1. The molecular formula is C14H18N4O2. The Kier molecular flexibility index (Phi) is 4.49. The Morgan fingerprint density at radius 3 is 2.70 bits per heavy atom. The molecule has 106 valence electrons. The average Bonchev–Trinajstić information content (AvgIpc) is 2.47. The van der Waals surface area contributed by atoms with E-state index in [0.717, 1.165) is 0 Å². The molecule has 4 N–H and O–H groups in total. The lowest BCUT2D eigenvalue weighted by Crippen LogP contribution is -2.11. The smallest absolute Gasteiger partial charge is 0.224 e. The zero-order valence-electron chi connectivity index (χ0n) is 11.5. The zero-order chi connectivity index (χ0) is 14.5. The lowest BCUT2D eigenvalue weighted by Gasteiger charge is -2.12. The quantitative estimate of drug-likeness (QED) is 0.571. The molecule has 0 unspecified atom stereocenters. The molecule has 6 heteroatoms. The fourth-order valence-electron chi connectivity index (χ4n) is 1.67. The molecule has 1 aromatic heterocycles. The minimum atomic E-state index is -0.0969. The van der Waals surface area contributed by atoms with E-state index in [2.05, 4.69) is 15.4 Å². The number of nitrogen functional groups attached to an aromatic ring is 1. The van der Waals surface area contributed by atoms with Gasteiger partial charge in [-0.25, -0.2) is 10.8 Å². The number of aromatic nitrogens is 2. The molecule has 0 aliphatic heterocycles. The monoisotopic (exact) mass is 274 g/mol. The second-order valence-electron chi connectivity index (χ2n) is 4.62. The summed E-state index contributed by atoms with van der Waals surface area (Å²) in [6.45, 7) is 3.88. The van der Waals surface area contributed by atoms with E-state index in [4.69, 9.17) is 10.6 Å². The number of hydrogen-bond acceptors (Lipinski definition) is 6. The van der Waals surface area contributed by atoms with Crippen LogP contribution < -0.4 is 16.0 Å². The molecule has 0 aliphatic rings. The molecule has 0 amide bonds. The maximum absolute atomic E-state index is 9.29. The van der Waals surface area contributed by atoms with Crippen LogP contribution in [0.2, 0.25) is 0 Å². The van der Waals surface area contributed by atoms with Gasteiger partial charge in [0.2, 0.25) is 5.88 Å². The standard InChI is InChI=1S/C14H18N4O2/c1-9(2)14-16-12(18-15)7-13(17-14)20-11-6-4-3-5-10(11)8-19/h3-7,9,19H,8,15H2,1-2H3,(H,16,17,18). The second kappa shape index (κ2) is 6.31. The number of nitrogens with two attached hydrogens (primary N) is 1. The van der Waals surface area contributed by atoms with Crippen LogP contribution in [0.3, 0.4) is 0 Å². The third-order valence-electron chi connectivity index (χ3n) is 2.74. The van der Waals surface area contributed by atoms with Crippen LogP contribution in [-0.2, 0) is 6.61 Å². The molecule has 0 fully saturated rings. The number of rotatable bonds is 5. The molecule has 2 aromatic rings. The molecule has 0 aliphatic carbocycles. The topological polar surface area (TPSA) is 93.3 Å². The molecular weight excluding hydrogens is 256 g/mol. The summed E-state index contributed by atoms with van der Waals surface area (Å²) in [5.41, 5.74) is 3.19. The van der Waals surface area contributed by atoms with Gasteiger partial charge in [-0.15, -0.1) is 0 Å². The van der Waals surface area contributed by atoms with Crippen LogP contribution in [0.4, 0.5) is 5.82 Å². The number of benzene rings is 1. The Bertz CT molecular complexity index is 587. The number of hydrogen-bond donors (Lipinski definition) is 3. The molecule has 0 radical (unpaired) electrons. The van der Waals surface area contributed by atoms with Gasteiger partial charge in [0.25, 0.3) is 0 Å². The Morgan fingerprint density at radius 2 is 2.05 bits per heavy atom. The van der Waals surface area contributed by atoms with Crippen molar-refractivity contribution in [1.82, 2.24) is 9.97 Å². The normalized spacial score (nSPS) is 10.7. The van der Waals surface area contributed by atoms with Gasteiger partial charge in [-0.2, -0.15) is 4.98 Å². The van der Waals surface area contributed by atoms with Gasteiger partial charge in [-0.3, -0.25) is 0 Å². The summed E-state index contributed by atoms with van der Waals surface area (Å²) in [6.07, 6.45) is 0. The number of nitrogens with one attached hydrogen (secondary N) is 1. The van der Waals surface area contributed by atoms with E-state index in [1.165, 1.54) is 0 Å². The molecule has 1 heterocycles. The molecule has 0 bridgehead atoms. The lowest BCUT2D eigenvalue weighted by molar-refractivity contribution is 0.276. The summed E-state index contributed by atoms with van der Waals surface area (Å²) >= 11 is 0. The van der Waals surface area contributed by atoms with Crippen molar-refractivity contribution in [2.24, 2.45) is 5.84 Å². The number of aliphatic hydroxyl groups excluding tert-OH is 1. The van der Waals surface area contributed by atoms with Gasteiger partial charge in [-0.05, 0) is 6.07 Å². The molecule has 0 atom stereocenters. The Labute approximate surface area is 117 Å². The number of nitrogens with zero attached hydrogens (tertiary/aromatic N) is 2. The molecule has 6 nitrogen and oxygen atoms in total. The van der Waals surface area contributed by atoms with Crippen LogP contribution >= 0.6 is 0 Å². The highest BCUT2D eigenvalue weighted by Gasteiger charge is 2.10. The van der Waals surface area contributed by atoms with Crippen molar-refractivity contribution in [3.05, 3.63) is 41.7 Å². The lowest BCUT2D eigenvalue weighted by atomic mass is 10.2. The Hall–Kier alpha value is -2.18. The molecule has 1 aromatic carbocycles. The van der Waals surface area contributed by atoms with Crippen LogP contribution in [0.5, 0.6) is 11.6 Å². The van der Waals surface area contributed by atoms with Gasteiger partial charge in [0.1, 0.15) is 17.4 Å². The van der Waals surface area contributed by atoms with Crippen LogP contribution in [0.25, 0.3) is 0 Å². The maximum Gasteiger partial charge on any atom is 0.224 e. The van der Waals surface area contributed by atoms with E-state index >= 15 is 0 Å². The predicted molar refractivity (Wildman–Crippen MR) is 76.4 cm³/mol. The van der Waals surface area contributed by atoms with E-state index in [-0.39, 0.29) is 12.5 Å². The first kappa shape index (κ1) is 14.2. The summed E-state index contributed by atoms with van der Waals surface area (Å²) < 4.78 is 5.73. The maximum atomic E-state index is 9.29. The second-order valence-corrected chi connectivity index (χ2v) is 4.62. The molecule has 2 rings (SSSR count). The minimum absolute atomic E-state index is 0.0969. The van der Waals surface area contributed by atoms with Crippen molar-refractivity contribution in [3.63, 3.8) is 0 Å². The zero-order valence-corrected chi connectivity index (χ0v) is 11.5. The predicted octanol–water partition coefficient (Wildman–Crippen LogP) is 2.17. The van der Waals surface area contributed by atoms with E-state index in [1.54, 1.807) is 18.2 Å². The van der Waals surface area contributed by atoms with Crippen LogP contribution in [0.15, 0.2) is 30.3 Å². The van der Waals surface area contributed by atoms with Gasteiger partial charge in [-0.1, -0.05) is 32.0 Å². The Balaban J connectivity index is 2.35. The first-order valence-corrected chi connectivity index (χ1v) is 6.36. The number of anilines is 1. The highest BCUT2D eigenvalue weighted by Crippen LogP contribution is 2.26. The van der Waals surface area contributed by atoms with Crippen LogP contribution in [-0.4, -0.2) is 15.1 Å². The fraction of sp³-hybridized carbons (Fsp3) is 0.286. The van der Waals surface area contributed by atoms with Gasteiger partial charge in [0, 0.05) is 17.5 Å². The summed E-state index contributed by atoms with van der Waals surface area (Å²) in [6, 6.07) is 8.85. The molecule has 20 heavy (non-hydrogen) atoms. The summed E-state index contributed by atoms with van der Waals surface area (Å²) in [7, 11) is 0. The van der Waals surface area contributed by atoms with Crippen molar-refractivity contribution < 1.29 is 9.84 Å². The van der Waals surface area contributed by atoms with Crippen molar-refractivity contribution in [2.45, 2.75) is 26.4 Å². The highest BCUT2D eigenvalue weighted by molar-refractivity contribution is 5.41. The van der Waals surface area contributed by atoms with E-state index in [9.17, 15) is 5.11 Å². The van der Waals surface area contributed by atoms with Crippen molar-refractivity contribution in [3.8, 4) is 11.6 Å². The van der Waals surface area contributed by atoms with Crippen LogP contribution in [0.1, 0.15) is 31.2 Å². The Morgan fingerprint density at radius 1 is 1.30 bits per heavy atom. The van der Waals surface area contributed by atoms with E-state index in [1.807, 2.05) is 26.0 Å². The third-order valence-corrected chi connectivity index (χ3v) is 2.74. The SMILES string of the molecule is CC(C)c1nc(NN)cc(Oc2ccccc2CO)n1. The van der Waals surface area contributed by atoms with Gasteiger partial charge < -0.3 is 15.3 Å². The van der Waals surface area contributed by atoms with E-state index in [0.29, 0.717) is 28.8 Å².